The largest absolute Gasteiger partial charge is 0.493 e. The molecule has 0 aliphatic rings. The fraction of sp³-hybridized carbons (Fsp3) is 0.467. The molecule has 5 nitrogen and oxygen atoms in total. The predicted molar refractivity (Wildman–Crippen MR) is 75.7 cm³/mol. The van der Waals surface area contributed by atoms with Crippen LogP contribution in [0.15, 0.2) is 18.2 Å². The first-order chi connectivity index (χ1) is 9.51. The first-order valence-electron chi connectivity index (χ1n) is 6.56. The lowest BCUT2D eigenvalue weighted by molar-refractivity contribution is -0.140. The van der Waals surface area contributed by atoms with E-state index in [1.54, 1.807) is 0 Å². The van der Waals surface area contributed by atoms with Crippen molar-refractivity contribution in [1.29, 1.82) is 0 Å². The van der Waals surface area contributed by atoms with Crippen LogP contribution < -0.4 is 10.1 Å². The minimum absolute atomic E-state index is 0.140. The normalized spacial score (nSPS) is 9.95. The van der Waals surface area contributed by atoms with Gasteiger partial charge < -0.3 is 14.8 Å². The third-order valence-corrected chi connectivity index (χ3v) is 2.67. The van der Waals surface area contributed by atoms with Gasteiger partial charge in [0.2, 0.25) is 5.91 Å². The number of carbonyl (C=O) groups is 2. The van der Waals surface area contributed by atoms with Gasteiger partial charge in [0, 0.05) is 6.54 Å². The van der Waals surface area contributed by atoms with E-state index in [1.807, 2.05) is 26.0 Å². The Balaban J connectivity index is 2.23. The van der Waals surface area contributed by atoms with E-state index in [2.05, 4.69) is 16.1 Å². The molecule has 0 aromatic heterocycles. The summed E-state index contributed by atoms with van der Waals surface area (Å²) in [6.07, 6.45) is 0.439. The van der Waals surface area contributed by atoms with E-state index in [-0.39, 0.29) is 31.3 Å². The molecule has 0 bridgehead atoms. The van der Waals surface area contributed by atoms with Crippen LogP contribution in [0.4, 0.5) is 0 Å². The van der Waals surface area contributed by atoms with Crippen molar-refractivity contribution >= 4 is 11.9 Å². The van der Waals surface area contributed by atoms with E-state index < -0.39 is 0 Å². The van der Waals surface area contributed by atoms with Gasteiger partial charge in [-0.05, 0) is 37.1 Å². The second-order valence-corrected chi connectivity index (χ2v) is 4.60. The van der Waals surface area contributed by atoms with Crippen molar-refractivity contribution in [2.24, 2.45) is 0 Å². The summed E-state index contributed by atoms with van der Waals surface area (Å²) in [6.45, 7) is 4.60. The van der Waals surface area contributed by atoms with Crippen LogP contribution in [0.3, 0.4) is 0 Å². The standard InChI is InChI=1S/C15H21NO4/c1-11-8-12(2)10-13(9-11)20-7-5-14(17)16-6-4-15(18)19-3/h8-10H,4-7H2,1-3H3,(H,16,17). The average Bonchev–Trinajstić information content (AvgIpc) is 2.37. The summed E-state index contributed by atoms with van der Waals surface area (Å²) in [5, 5.41) is 2.64. The molecule has 110 valence electrons. The van der Waals surface area contributed by atoms with Gasteiger partial charge in [0.15, 0.2) is 0 Å². The topological polar surface area (TPSA) is 64.6 Å². The van der Waals surface area contributed by atoms with E-state index >= 15 is 0 Å². The van der Waals surface area contributed by atoms with Crippen LogP contribution in [0.5, 0.6) is 5.75 Å². The Hall–Kier alpha value is -2.04. The van der Waals surface area contributed by atoms with Gasteiger partial charge in [0.05, 0.1) is 26.6 Å². The third-order valence-electron chi connectivity index (χ3n) is 2.67. The van der Waals surface area contributed by atoms with Gasteiger partial charge in [0.25, 0.3) is 0 Å². The van der Waals surface area contributed by atoms with Gasteiger partial charge in [-0.15, -0.1) is 0 Å². The fourth-order valence-corrected chi connectivity index (χ4v) is 1.77. The molecule has 0 aliphatic carbocycles. The lowest BCUT2D eigenvalue weighted by atomic mass is 10.1. The molecule has 1 rings (SSSR count). The van der Waals surface area contributed by atoms with Crippen LogP contribution in [0.25, 0.3) is 0 Å². The van der Waals surface area contributed by atoms with E-state index in [4.69, 9.17) is 4.74 Å². The molecule has 0 fully saturated rings. The zero-order chi connectivity index (χ0) is 15.0. The van der Waals surface area contributed by atoms with Crippen LogP contribution in [-0.2, 0) is 14.3 Å². The summed E-state index contributed by atoms with van der Waals surface area (Å²) >= 11 is 0. The van der Waals surface area contributed by atoms with Gasteiger partial charge in [-0.3, -0.25) is 9.59 Å². The molecule has 1 amide bonds. The number of nitrogens with one attached hydrogen (secondary N) is 1. The highest BCUT2D eigenvalue weighted by molar-refractivity contribution is 5.77. The molecule has 0 saturated carbocycles. The van der Waals surface area contributed by atoms with Crippen molar-refractivity contribution in [3.8, 4) is 5.75 Å². The zero-order valence-electron chi connectivity index (χ0n) is 12.2. The van der Waals surface area contributed by atoms with Crippen LogP contribution in [-0.4, -0.2) is 32.1 Å². The van der Waals surface area contributed by atoms with Gasteiger partial charge in [-0.2, -0.15) is 0 Å². The first kappa shape index (κ1) is 16.0. The van der Waals surface area contributed by atoms with E-state index in [9.17, 15) is 9.59 Å². The summed E-state index contributed by atoms with van der Waals surface area (Å²) < 4.78 is 10.0. The first-order valence-corrected chi connectivity index (χ1v) is 6.56. The van der Waals surface area contributed by atoms with Crippen molar-refractivity contribution in [3.05, 3.63) is 29.3 Å². The molecular weight excluding hydrogens is 258 g/mol. The number of esters is 1. The molecule has 0 heterocycles. The summed E-state index contributed by atoms with van der Waals surface area (Å²) in [5.41, 5.74) is 2.25. The van der Waals surface area contributed by atoms with Crippen LogP contribution in [0, 0.1) is 13.8 Å². The molecule has 0 radical (unpaired) electrons. The van der Waals surface area contributed by atoms with Gasteiger partial charge in [-0.1, -0.05) is 6.07 Å². The SMILES string of the molecule is COC(=O)CCNC(=O)CCOc1cc(C)cc(C)c1. The van der Waals surface area contributed by atoms with Crippen LogP contribution in [0.1, 0.15) is 24.0 Å². The Morgan fingerprint density at radius 3 is 2.35 bits per heavy atom. The van der Waals surface area contributed by atoms with Crippen molar-refractivity contribution < 1.29 is 19.1 Å². The molecule has 1 aromatic carbocycles. The zero-order valence-corrected chi connectivity index (χ0v) is 12.2. The number of rotatable bonds is 7. The molecule has 0 unspecified atom stereocenters. The highest BCUT2D eigenvalue weighted by atomic mass is 16.5. The quantitative estimate of drug-likeness (QED) is 0.772. The Labute approximate surface area is 119 Å². The predicted octanol–water partition coefficient (Wildman–Crippen LogP) is 1.75. The van der Waals surface area contributed by atoms with Crippen molar-refractivity contribution in [2.75, 3.05) is 20.3 Å². The summed E-state index contributed by atoms with van der Waals surface area (Å²) in [6, 6.07) is 5.93. The van der Waals surface area contributed by atoms with Gasteiger partial charge in [0.1, 0.15) is 5.75 Å². The van der Waals surface area contributed by atoms with E-state index in [1.165, 1.54) is 7.11 Å². The number of ether oxygens (including phenoxy) is 2. The summed E-state index contributed by atoms with van der Waals surface area (Å²) in [4.78, 5) is 22.4. The monoisotopic (exact) mass is 279 g/mol. The molecule has 5 heteroatoms. The molecule has 1 N–H and O–H groups in total. The highest BCUT2D eigenvalue weighted by Crippen LogP contribution is 2.16. The second kappa shape index (κ2) is 8.19. The molecule has 0 atom stereocenters. The molecular formula is C15H21NO4. The summed E-state index contributed by atoms with van der Waals surface area (Å²) in [5.74, 6) is 0.292. The van der Waals surface area contributed by atoms with Gasteiger partial charge >= 0.3 is 5.97 Å². The smallest absolute Gasteiger partial charge is 0.307 e. The number of hydrogen-bond donors (Lipinski definition) is 1. The number of methoxy groups -OCH3 is 1. The van der Waals surface area contributed by atoms with Crippen molar-refractivity contribution in [3.63, 3.8) is 0 Å². The number of benzene rings is 1. The maximum absolute atomic E-state index is 11.5. The maximum Gasteiger partial charge on any atom is 0.307 e. The number of carbonyl (C=O) groups excluding carboxylic acids is 2. The maximum atomic E-state index is 11.5. The number of hydrogen-bond acceptors (Lipinski definition) is 4. The van der Waals surface area contributed by atoms with Gasteiger partial charge in [-0.25, -0.2) is 0 Å². The van der Waals surface area contributed by atoms with E-state index in [0.717, 1.165) is 16.9 Å². The molecule has 0 spiro atoms. The molecule has 1 aromatic rings. The van der Waals surface area contributed by atoms with Crippen molar-refractivity contribution in [2.45, 2.75) is 26.7 Å². The lowest BCUT2D eigenvalue weighted by Gasteiger charge is -2.08. The lowest BCUT2D eigenvalue weighted by Crippen LogP contribution is -2.27. The Morgan fingerprint density at radius 2 is 1.75 bits per heavy atom. The van der Waals surface area contributed by atoms with Crippen LogP contribution >= 0.6 is 0 Å². The number of amides is 1. The second-order valence-electron chi connectivity index (χ2n) is 4.60. The highest BCUT2D eigenvalue weighted by Gasteiger charge is 2.04. The Kier molecular flexibility index (Phi) is 6.56. The Bertz CT molecular complexity index is 451. The fourth-order valence-electron chi connectivity index (χ4n) is 1.77. The van der Waals surface area contributed by atoms with Crippen LogP contribution in [0.2, 0.25) is 0 Å². The minimum atomic E-state index is -0.336. The van der Waals surface area contributed by atoms with Crippen molar-refractivity contribution in [1.82, 2.24) is 5.32 Å². The molecule has 0 saturated heterocycles. The third kappa shape index (κ3) is 6.22. The number of aryl methyl sites for hydroxylation is 2. The van der Waals surface area contributed by atoms with E-state index in [0.29, 0.717) is 6.61 Å². The Morgan fingerprint density at radius 1 is 1.10 bits per heavy atom. The average molecular weight is 279 g/mol. The summed E-state index contributed by atoms with van der Waals surface area (Å²) in [7, 11) is 1.32. The molecule has 0 aliphatic heterocycles. The molecule has 20 heavy (non-hydrogen) atoms. The minimum Gasteiger partial charge on any atom is -0.493 e.